The number of nitrogens with one attached hydrogen (secondary N) is 1. The molecule has 1 atom stereocenters. The van der Waals surface area contributed by atoms with Gasteiger partial charge in [0.05, 0.1) is 0 Å². The fraction of sp³-hybridized carbons (Fsp3) is 0.700. The lowest BCUT2D eigenvalue weighted by Gasteiger charge is -2.09. The number of hydrogen-bond donors (Lipinski definition) is 2. The molecule has 0 spiro atoms. The van der Waals surface area contributed by atoms with Crippen molar-refractivity contribution in [2.75, 3.05) is 6.54 Å². The molecular weight excluding hydrogens is 194 g/mol. The zero-order valence-electron chi connectivity index (χ0n) is 9.16. The van der Waals surface area contributed by atoms with Gasteiger partial charge in [-0.25, -0.2) is 4.99 Å². The van der Waals surface area contributed by atoms with Crippen molar-refractivity contribution in [3.05, 3.63) is 0 Å². The van der Waals surface area contributed by atoms with Crippen molar-refractivity contribution in [1.82, 2.24) is 5.32 Å². The summed E-state index contributed by atoms with van der Waals surface area (Å²) in [4.78, 5) is 25.5. The number of hydrogen-bond acceptors (Lipinski definition) is 3. The zero-order chi connectivity index (χ0) is 11.7. The van der Waals surface area contributed by atoms with Crippen LogP contribution in [0.1, 0.15) is 32.6 Å². The SMILES string of the molecule is C=NC(=O)C(C)NC(=O)CCCCCN. The Morgan fingerprint density at radius 2 is 2.07 bits per heavy atom. The van der Waals surface area contributed by atoms with E-state index < -0.39 is 11.9 Å². The normalized spacial score (nSPS) is 11.9. The summed E-state index contributed by atoms with van der Waals surface area (Å²) in [6, 6.07) is -0.579. The van der Waals surface area contributed by atoms with E-state index in [2.05, 4.69) is 17.0 Å². The zero-order valence-corrected chi connectivity index (χ0v) is 9.16. The molecule has 0 aromatic heterocycles. The molecule has 3 N–H and O–H groups in total. The monoisotopic (exact) mass is 213 g/mol. The summed E-state index contributed by atoms with van der Waals surface area (Å²) in [6.07, 6.45) is 3.09. The number of amides is 2. The highest BCUT2D eigenvalue weighted by Gasteiger charge is 2.12. The molecule has 0 bridgehead atoms. The van der Waals surface area contributed by atoms with E-state index >= 15 is 0 Å². The van der Waals surface area contributed by atoms with Crippen molar-refractivity contribution in [1.29, 1.82) is 0 Å². The molecule has 2 amide bonds. The average Bonchev–Trinajstić information content (AvgIpc) is 2.23. The summed E-state index contributed by atoms with van der Waals surface area (Å²) in [5.74, 6) is -0.540. The molecule has 0 heterocycles. The number of unbranched alkanes of at least 4 members (excludes halogenated alkanes) is 2. The summed E-state index contributed by atoms with van der Waals surface area (Å²) in [7, 11) is 0. The summed E-state index contributed by atoms with van der Waals surface area (Å²) < 4.78 is 0. The maximum atomic E-state index is 11.3. The van der Waals surface area contributed by atoms with Gasteiger partial charge in [-0.3, -0.25) is 9.59 Å². The Labute approximate surface area is 90.1 Å². The third-order valence-electron chi connectivity index (χ3n) is 2.01. The molecule has 0 aliphatic carbocycles. The van der Waals surface area contributed by atoms with Crippen LogP contribution in [0, 0.1) is 0 Å². The standard InChI is InChI=1S/C10H19N3O2/c1-8(10(15)12-2)13-9(14)6-4-3-5-7-11/h8H,2-7,11H2,1H3,(H,13,14). The number of carbonyl (C=O) groups excluding carboxylic acids is 2. The van der Waals surface area contributed by atoms with Crippen LogP contribution < -0.4 is 11.1 Å². The minimum Gasteiger partial charge on any atom is -0.345 e. The Morgan fingerprint density at radius 1 is 1.40 bits per heavy atom. The van der Waals surface area contributed by atoms with Crippen molar-refractivity contribution in [2.45, 2.75) is 38.6 Å². The third-order valence-corrected chi connectivity index (χ3v) is 2.01. The lowest BCUT2D eigenvalue weighted by molar-refractivity contribution is -0.126. The van der Waals surface area contributed by atoms with Crippen LogP contribution in [0.15, 0.2) is 4.99 Å². The molecule has 0 aromatic carbocycles. The molecule has 0 aliphatic heterocycles. The molecule has 0 aromatic rings. The molecule has 0 saturated carbocycles. The van der Waals surface area contributed by atoms with Crippen LogP contribution in [0.25, 0.3) is 0 Å². The van der Waals surface area contributed by atoms with Gasteiger partial charge in [0.25, 0.3) is 5.91 Å². The fourth-order valence-electron chi connectivity index (χ4n) is 1.12. The molecule has 0 fully saturated rings. The molecule has 0 saturated heterocycles. The lowest BCUT2D eigenvalue weighted by Crippen LogP contribution is -2.37. The molecule has 5 heteroatoms. The predicted octanol–water partition coefficient (Wildman–Crippen LogP) is 0.237. The second-order valence-corrected chi connectivity index (χ2v) is 3.38. The summed E-state index contributed by atoms with van der Waals surface area (Å²) in [5, 5.41) is 2.55. The first kappa shape index (κ1) is 13.8. The van der Waals surface area contributed by atoms with Crippen molar-refractivity contribution in [3.8, 4) is 0 Å². The maximum absolute atomic E-state index is 11.3. The van der Waals surface area contributed by atoms with E-state index in [1.54, 1.807) is 6.92 Å². The van der Waals surface area contributed by atoms with Gasteiger partial charge < -0.3 is 11.1 Å². The van der Waals surface area contributed by atoms with Crippen LogP contribution in [-0.2, 0) is 9.59 Å². The first-order valence-corrected chi connectivity index (χ1v) is 5.11. The highest BCUT2D eigenvalue weighted by Crippen LogP contribution is 1.99. The van der Waals surface area contributed by atoms with E-state index in [0.717, 1.165) is 19.3 Å². The van der Waals surface area contributed by atoms with Gasteiger partial charge in [0.1, 0.15) is 6.04 Å². The predicted molar refractivity (Wildman–Crippen MR) is 59.7 cm³/mol. The minimum absolute atomic E-state index is 0.128. The fourth-order valence-corrected chi connectivity index (χ4v) is 1.12. The maximum Gasteiger partial charge on any atom is 0.267 e. The Kier molecular flexibility index (Phi) is 7.44. The van der Waals surface area contributed by atoms with Gasteiger partial charge in [-0.05, 0) is 33.0 Å². The van der Waals surface area contributed by atoms with Gasteiger partial charge in [0.2, 0.25) is 5.91 Å². The molecule has 15 heavy (non-hydrogen) atoms. The Bertz CT molecular complexity index is 229. The second-order valence-electron chi connectivity index (χ2n) is 3.38. The van der Waals surface area contributed by atoms with Crippen LogP contribution in [0.3, 0.4) is 0 Å². The third kappa shape index (κ3) is 6.79. The summed E-state index contributed by atoms with van der Waals surface area (Å²) in [5.41, 5.74) is 5.32. The lowest BCUT2D eigenvalue weighted by atomic mass is 10.2. The van der Waals surface area contributed by atoms with E-state index in [-0.39, 0.29) is 5.91 Å². The Balaban J connectivity index is 3.64. The molecule has 0 aliphatic rings. The molecule has 1 unspecified atom stereocenters. The number of aliphatic imine (C=N–C) groups is 1. The van der Waals surface area contributed by atoms with Crippen LogP contribution in [0.2, 0.25) is 0 Å². The van der Waals surface area contributed by atoms with Gasteiger partial charge in [-0.2, -0.15) is 0 Å². The van der Waals surface area contributed by atoms with E-state index in [4.69, 9.17) is 5.73 Å². The van der Waals surface area contributed by atoms with Crippen molar-refractivity contribution in [3.63, 3.8) is 0 Å². The van der Waals surface area contributed by atoms with Crippen LogP contribution in [-0.4, -0.2) is 31.1 Å². The summed E-state index contributed by atoms with van der Waals surface area (Å²) in [6.45, 7) is 5.35. The topological polar surface area (TPSA) is 84.5 Å². The molecule has 5 nitrogen and oxygen atoms in total. The molecular formula is C10H19N3O2. The van der Waals surface area contributed by atoms with E-state index in [1.807, 2.05) is 0 Å². The molecule has 0 radical (unpaired) electrons. The Hall–Kier alpha value is -1.23. The van der Waals surface area contributed by atoms with Gasteiger partial charge in [0, 0.05) is 6.42 Å². The highest BCUT2D eigenvalue weighted by molar-refractivity contribution is 5.89. The first-order valence-electron chi connectivity index (χ1n) is 5.11. The van der Waals surface area contributed by atoms with Crippen molar-refractivity contribution in [2.24, 2.45) is 10.7 Å². The van der Waals surface area contributed by atoms with Gasteiger partial charge in [-0.1, -0.05) is 6.42 Å². The number of rotatable bonds is 7. The van der Waals surface area contributed by atoms with E-state index in [9.17, 15) is 9.59 Å². The Morgan fingerprint density at radius 3 is 2.60 bits per heavy atom. The second kappa shape index (κ2) is 8.11. The van der Waals surface area contributed by atoms with Gasteiger partial charge in [0.15, 0.2) is 0 Å². The quantitative estimate of drug-likeness (QED) is 0.469. The largest absolute Gasteiger partial charge is 0.345 e. The first-order chi connectivity index (χ1) is 7.11. The van der Waals surface area contributed by atoms with Crippen LogP contribution >= 0.6 is 0 Å². The van der Waals surface area contributed by atoms with Crippen molar-refractivity contribution < 1.29 is 9.59 Å². The number of nitrogens with zero attached hydrogens (tertiary/aromatic N) is 1. The van der Waals surface area contributed by atoms with Gasteiger partial charge in [-0.15, -0.1) is 0 Å². The van der Waals surface area contributed by atoms with Crippen molar-refractivity contribution >= 4 is 18.5 Å². The minimum atomic E-state index is -0.579. The molecule has 0 rings (SSSR count). The highest BCUT2D eigenvalue weighted by atomic mass is 16.2. The van der Waals surface area contributed by atoms with Crippen LogP contribution in [0.4, 0.5) is 0 Å². The van der Waals surface area contributed by atoms with E-state index in [0.29, 0.717) is 13.0 Å². The molecule has 86 valence electrons. The number of nitrogens with two attached hydrogens (primary N) is 1. The average molecular weight is 213 g/mol. The van der Waals surface area contributed by atoms with Crippen LogP contribution in [0.5, 0.6) is 0 Å². The summed E-state index contributed by atoms with van der Waals surface area (Å²) >= 11 is 0. The van der Waals surface area contributed by atoms with Gasteiger partial charge >= 0.3 is 0 Å². The van der Waals surface area contributed by atoms with E-state index in [1.165, 1.54) is 0 Å². The smallest absolute Gasteiger partial charge is 0.267 e. The number of carbonyl (C=O) groups is 2.